The van der Waals surface area contributed by atoms with Crippen molar-refractivity contribution in [1.82, 2.24) is 10.2 Å². The summed E-state index contributed by atoms with van der Waals surface area (Å²) >= 11 is 0. The molecule has 0 aliphatic carbocycles. The van der Waals surface area contributed by atoms with Gasteiger partial charge in [0, 0.05) is 19.6 Å². The van der Waals surface area contributed by atoms with Crippen molar-refractivity contribution in [3.63, 3.8) is 0 Å². The number of carboxylic acid groups (broad SMARTS) is 1. The Morgan fingerprint density at radius 2 is 1.75 bits per heavy atom. The predicted octanol–water partition coefficient (Wildman–Crippen LogP) is 3.42. The van der Waals surface area contributed by atoms with Crippen LogP contribution < -0.4 is 5.32 Å². The van der Waals surface area contributed by atoms with Crippen LogP contribution in [-0.2, 0) is 13.1 Å². The molecule has 2 aromatic carbocycles. The first-order chi connectivity index (χ1) is 11.5. The number of hydrogen-bond acceptors (Lipinski definition) is 2. The van der Waals surface area contributed by atoms with Crippen LogP contribution in [0.25, 0.3) is 0 Å². The Hall–Kier alpha value is -2.82. The zero-order chi connectivity index (χ0) is 17.5. The standard InChI is InChI=1S/C19H22N2O3/c1-3-21(13-17-7-5-4-6-14(17)2)19(24)20-12-15-8-10-16(11-9-15)18(22)23/h4-11H,3,12-13H2,1-2H3,(H,20,24)(H,22,23). The number of carboxylic acids is 1. The molecule has 126 valence electrons. The second-order valence-electron chi connectivity index (χ2n) is 5.60. The van der Waals surface area contributed by atoms with Gasteiger partial charge in [0.1, 0.15) is 0 Å². The molecule has 2 N–H and O–H groups in total. The highest BCUT2D eigenvalue weighted by atomic mass is 16.4. The van der Waals surface area contributed by atoms with Crippen LogP contribution in [0.1, 0.15) is 34.0 Å². The molecule has 0 aromatic heterocycles. The molecule has 0 fully saturated rings. The molecule has 2 aromatic rings. The number of carbonyl (C=O) groups is 2. The van der Waals surface area contributed by atoms with Crippen LogP contribution in [0.5, 0.6) is 0 Å². The molecule has 0 saturated heterocycles. The first-order valence-corrected chi connectivity index (χ1v) is 7.90. The highest BCUT2D eigenvalue weighted by Crippen LogP contribution is 2.11. The van der Waals surface area contributed by atoms with Gasteiger partial charge in [-0.25, -0.2) is 9.59 Å². The van der Waals surface area contributed by atoms with Crippen LogP contribution in [0.15, 0.2) is 48.5 Å². The van der Waals surface area contributed by atoms with Gasteiger partial charge in [-0.1, -0.05) is 36.4 Å². The van der Waals surface area contributed by atoms with Gasteiger partial charge in [-0.15, -0.1) is 0 Å². The lowest BCUT2D eigenvalue weighted by Gasteiger charge is -2.22. The number of aromatic carboxylic acids is 1. The molecule has 0 unspecified atom stereocenters. The molecule has 0 spiro atoms. The van der Waals surface area contributed by atoms with Crippen molar-refractivity contribution in [1.29, 1.82) is 0 Å². The average Bonchev–Trinajstić information content (AvgIpc) is 2.59. The molecule has 2 rings (SSSR count). The Morgan fingerprint density at radius 3 is 2.33 bits per heavy atom. The van der Waals surface area contributed by atoms with Crippen molar-refractivity contribution in [2.24, 2.45) is 0 Å². The molecular formula is C19H22N2O3. The second kappa shape index (κ2) is 8.15. The van der Waals surface area contributed by atoms with E-state index in [0.29, 0.717) is 19.6 Å². The third kappa shape index (κ3) is 4.59. The van der Waals surface area contributed by atoms with Gasteiger partial charge in [-0.3, -0.25) is 0 Å². The largest absolute Gasteiger partial charge is 0.478 e. The number of rotatable bonds is 6. The molecular weight excluding hydrogens is 304 g/mol. The number of hydrogen-bond donors (Lipinski definition) is 2. The summed E-state index contributed by atoms with van der Waals surface area (Å²) < 4.78 is 0. The summed E-state index contributed by atoms with van der Waals surface area (Å²) in [4.78, 5) is 24.9. The molecule has 24 heavy (non-hydrogen) atoms. The maximum Gasteiger partial charge on any atom is 0.335 e. The molecule has 0 radical (unpaired) electrons. The Labute approximate surface area is 141 Å². The smallest absolute Gasteiger partial charge is 0.335 e. The van der Waals surface area contributed by atoms with Gasteiger partial charge in [0.05, 0.1) is 5.56 Å². The van der Waals surface area contributed by atoms with Crippen molar-refractivity contribution in [2.45, 2.75) is 26.9 Å². The summed E-state index contributed by atoms with van der Waals surface area (Å²) in [6, 6.07) is 14.4. The van der Waals surface area contributed by atoms with Crippen LogP contribution >= 0.6 is 0 Å². The van der Waals surface area contributed by atoms with E-state index in [-0.39, 0.29) is 11.6 Å². The molecule has 0 aliphatic rings. The van der Waals surface area contributed by atoms with E-state index in [4.69, 9.17) is 5.11 Å². The van der Waals surface area contributed by atoms with E-state index in [1.165, 1.54) is 12.1 Å². The summed E-state index contributed by atoms with van der Waals surface area (Å²) in [5.41, 5.74) is 3.38. The minimum Gasteiger partial charge on any atom is -0.478 e. The molecule has 0 saturated carbocycles. The van der Waals surface area contributed by atoms with Crippen molar-refractivity contribution >= 4 is 12.0 Å². The van der Waals surface area contributed by atoms with Gasteiger partial charge in [0.25, 0.3) is 0 Å². The van der Waals surface area contributed by atoms with E-state index in [9.17, 15) is 9.59 Å². The zero-order valence-corrected chi connectivity index (χ0v) is 14.0. The number of benzene rings is 2. The van der Waals surface area contributed by atoms with Gasteiger partial charge in [0.2, 0.25) is 0 Å². The van der Waals surface area contributed by atoms with Crippen molar-refractivity contribution in [3.8, 4) is 0 Å². The third-order valence-electron chi connectivity index (χ3n) is 3.94. The number of amides is 2. The summed E-state index contributed by atoms with van der Waals surface area (Å²) in [6.07, 6.45) is 0. The Morgan fingerprint density at radius 1 is 1.08 bits per heavy atom. The highest BCUT2D eigenvalue weighted by Gasteiger charge is 2.12. The fourth-order valence-corrected chi connectivity index (χ4v) is 2.37. The fourth-order valence-electron chi connectivity index (χ4n) is 2.37. The summed E-state index contributed by atoms with van der Waals surface area (Å²) in [7, 11) is 0. The van der Waals surface area contributed by atoms with E-state index in [1.807, 2.05) is 38.1 Å². The third-order valence-corrected chi connectivity index (χ3v) is 3.94. The first kappa shape index (κ1) is 17.5. The normalized spacial score (nSPS) is 10.2. The minimum atomic E-state index is -0.957. The quantitative estimate of drug-likeness (QED) is 0.854. The number of nitrogens with zero attached hydrogens (tertiary/aromatic N) is 1. The van der Waals surface area contributed by atoms with Crippen LogP contribution in [0.4, 0.5) is 4.79 Å². The molecule has 5 nitrogen and oxygen atoms in total. The summed E-state index contributed by atoms with van der Waals surface area (Å²) in [5.74, 6) is -0.957. The monoisotopic (exact) mass is 326 g/mol. The van der Waals surface area contributed by atoms with Crippen molar-refractivity contribution < 1.29 is 14.7 Å². The maximum absolute atomic E-state index is 12.4. The van der Waals surface area contributed by atoms with Gasteiger partial charge < -0.3 is 15.3 Å². The Balaban J connectivity index is 1.94. The van der Waals surface area contributed by atoms with E-state index >= 15 is 0 Å². The SMILES string of the molecule is CCN(Cc1ccccc1C)C(=O)NCc1ccc(C(=O)O)cc1. The average molecular weight is 326 g/mol. The summed E-state index contributed by atoms with van der Waals surface area (Å²) in [5, 5.41) is 11.8. The van der Waals surface area contributed by atoms with Gasteiger partial charge in [-0.05, 0) is 42.7 Å². The number of carbonyl (C=O) groups excluding carboxylic acids is 1. The maximum atomic E-state index is 12.4. The number of urea groups is 1. The van der Waals surface area contributed by atoms with E-state index in [2.05, 4.69) is 5.32 Å². The van der Waals surface area contributed by atoms with E-state index in [1.54, 1.807) is 17.0 Å². The second-order valence-corrected chi connectivity index (χ2v) is 5.60. The zero-order valence-electron chi connectivity index (χ0n) is 14.0. The summed E-state index contributed by atoms with van der Waals surface area (Å²) in [6.45, 7) is 5.51. The highest BCUT2D eigenvalue weighted by molar-refractivity contribution is 5.87. The lowest BCUT2D eigenvalue weighted by Crippen LogP contribution is -2.39. The van der Waals surface area contributed by atoms with Gasteiger partial charge in [0.15, 0.2) is 0 Å². The predicted molar refractivity (Wildman–Crippen MR) is 92.9 cm³/mol. The molecule has 0 atom stereocenters. The number of aryl methyl sites for hydroxylation is 1. The van der Waals surface area contributed by atoms with E-state index in [0.717, 1.165) is 16.7 Å². The fraction of sp³-hybridized carbons (Fsp3) is 0.263. The van der Waals surface area contributed by atoms with Crippen LogP contribution in [0.3, 0.4) is 0 Å². The molecule has 0 aliphatic heterocycles. The van der Waals surface area contributed by atoms with Gasteiger partial charge >= 0.3 is 12.0 Å². The molecule has 2 amide bonds. The molecule has 5 heteroatoms. The number of nitrogens with one attached hydrogen (secondary N) is 1. The lowest BCUT2D eigenvalue weighted by atomic mass is 10.1. The Kier molecular flexibility index (Phi) is 5.95. The lowest BCUT2D eigenvalue weighted by molar-refractivity contribution is 0.0697. The van der Waals surface area contributed by atoms with Crippen LogP contribution in [-0.4, -0.2) is 28.6 Å². The Bertz CT molecular complexity index is 711. The van der Waals surface area contributed by atoms with Gasteiger partial charge in [-0.2, -0.15) is 0 Å². The van der Waals surface area contributed by atoms with E-state index < -0.39 is 5.97 Å². The molecule has 0 bridgehead atoms. The van der Waals surface area contributed by atoms with Crippen molar-refractivity contribution in [2.75, 3.05) is 6.54 Å². The first-order valence-electron chi connectivity index (χ1n) is 7.90. The van der Waals surface area contributed by atoms with Crippen LogP contribution in [0, 0.1) is 6.92 Å². The minimum absolute atomic E-state index is 0.136. The molecule has 0 heterocycles. The van der Waals surface area contributed by atoms with Crippen LogP contribution in [0.2, 0.25) is 0 Å². The van der Waals surface area contributed by atoms with Crippen molar-refractivity contribution in [3.05, 3.63) is 70.8 Å². The topological polar surface area (TPSA) is 69.6 Å².